The number of benzene rings is 1. The maximum atomic E-state index is 13.3. The highest BCUT2D eigenvalue weighted by Gasteiger charge is 2.28. The lowest BCUT2D eigenvalue weighted by Crippen LogP contribution is -1.99. The van der Waals surface area contributed by atoms with E-state index in [0.29, 0.717) is 14.9 Å². The van der Waals surface area contributed by atoms with Crippen molar-refractivity contribution in [1.29, 1.82) is 0 Å². The molecule has 0 fully saturated rings. The topological polar surface area (TPSA) is 35.5 Å². The molecule has 5 heteroatoms. The summed E-state index contributed by atoms with van der Waals surface area (Å²) in [5.41, 5.74) is 0.299. The fourth-order valence-electron chi connectivity index (χ4n) is 1.33. The van der Waals surface area contributed by atoms with Crippen LogP contribution in [0.2, 0.25) is 0 Å². The molecule has 1 aromatic rings. The summed E-state index contributed by atoms with van der Waals surface area (Å²) in [5.74, 6) is -0.179. The molecule has 0 saturated carbocycles. The Labute approximate surface area is 93.3 Å². The lowest BCUT2D eigenvalue weighted by molar-refractivity contribution is 0.0961. The number of Topliss-reactive ketones (excluding diaryl/α,β-unsaturated/α-hetero) is 1. The van der Waals surface area contributed by atoms with E-state index >= 15 is 0 Å². The third-order valence-corrected chi connectivity index (χ3v) is 2.96. The smallest absolute Gasteiger partial charge is 0.204 e. The number of ketones is 1. The van der Waals surface area contributed by atoms with Gasteiger partial charge in [0.25, 0.3) is 0 Å². The van der Waals surface area contributed by atoms with Crippen molar-refractivity contribution in [3.63, 3.8) is 0 Å². The maximum absolute atomic E-state index is 13.3. The highest BCUT2D eigenvalue weighted by Crippen LogP contribution is 2.38. The van der Waals surface area contributed by atoms with E-state index in [-0.39, 0.29) is 18.1 Å². The predicted molar refractivity (Wildman–Crippen MR) is 55.5 cm³/mol. The van der Waals surface area contributed by atoms with Gasteiger partial charge in [0.15, 0.2) is 18.2 Å². The minimum atomic E-state index is -0.533. The van der Waals surface area contributed by atoms with Gasteiger partial charge in [-0.05, 0) is 28.7 Å². The fourth-order valence-corrected chi connectivity index (χ4v) is 2.26. The van der Waals surface area contributed by atoms with E-state index in [1.807, 2.05) is 22.6 Å². The van der Waals surface area contributed by atoms with Crippen LogP contribution >= 0.6 is 22.6 Å². The molecule has 1 aromatic carbocycles. The van der Waals surface area contributed by atoms with Crippen molar-refractivity contribution in [2.24, 2.45) is 0 Å². The molecule has 3 nitrogen and oxygen atoms in total. The number of methoxy groups -OCH3 is 1. The molecule has 74 valence electrons. The molecular formula is C9H6FIO3. The lowest BCUT2D eigenvalue weighted by Gasteiger charge is -2.07. The van der Waals surface area contributed by atoms with Crippen LogP contribution in [0.25, 0.3) is 0 Å². The Balaban J connectivity index is 2.68. The summed E-state index contributed by atoms with van der Waals surface area (Å²) in [6, 6.07) is 1.16. The molecule has 0 spiro atoms. The Morgan fingerprint density at radius 1 is 1.64 bits per heavy atom. The summed E-state index contributed by atoms with van der Waals surface area (Å²) in [6.45, 7) is -0.0159. The van der Waals surface area contributed by atoms with E-state index in [1.54, 1.807) is 0 Å². The van der Waals surface area contributed by atoms with Gasteiger partial charge in [0.1, 0.15) is 9.32 Å². The van der Waals surface area contributed by atoms with Gasteiger partial charge in [-0.2, -0.15) is 0 Å². The molecule has 0 radical (unpaired) electrons. The summed E-state index contributed by atoms with van der Waals surface area (Å²) < 4.78 is 23.8. The number of hydrogen-bond donors (Lipinski definition) is 0. The minimum absolute atomic E-state index is 0.0159. The molecule has 1 heterocycles. The molecule has 0 unspecified atom stereocenters. The highest BCUT2D eigenvalue weighted by atomic mass is 127. The first-order valence-corrected chi connectivity index (χ1v) is 4.95. The predicted octanol–water partition coefficient (Wildman–Crippen LogP) is 2.01. The zero-order valence-electron chi connectivity index (χ0n) is 7.27. The Kier molecular flexibility index (Phi) is 2.34. The van der Waals surface area contributed by atoms with Crippen LogP contribution in [-0.4, -0.2) is 19.5 Å². The van der Waals surface area contributed by atoms with Crippen LogP contribution in [-0.2, 0) is 0 Å². The van der Waals surface area contributed by atoms with E-state index in [9.17, 15) is 9.18 Å². The summed E-state index contributed by atoms with van der Waals surface area (Å²) >= 11 is 1.90. The standard InChI is InChI=1S/C9H6FIO3/c1-13-9-5(10)2-4-6(12)3-14-8(4)7(9)11/h2H,3H2,1H3. The lowest BCUT2D eigenvalue weighted by atomic mass is 10.1. The number of carbonyl (C=O) groups excluding carboxylic acids is 1. The van der Waals surface area contributed by atoms with Gasteiger partial charge in [-0.15, -0.1) is 0 Å². The van der Waals surface area contributed by atoms with Crippen molar-refractivity contribution in [1.82, 2.24) is 0 Å². The van der Waals surface area contributed by atoms with Gasteiger partial charge < -0.3 is 9.47 Å². The van der Waals surface area contributed by atoms with Gasteiger partial charge in [-0.25, -0.2) is 4.39 Å². The van der Waals surface area contributed by atoms with Gasteiger partial charge in [-0.3, -0.25) is 4.79 Å². The summed E-state index contributed by atoms with van der Waals surface area (Å²) in [5, 5.41) is 0. The third-order valence-electron chi connectivity index (χ3n) is 1.98. The zero-order valence-corrected chi connectivity index (χ0v) is 9.42. The first kappa shape index (κ1) is 9.70. The van der Waals surface area contributed by atoms with Crippen molar-refractivity contribution >= 4 is 28.4 Å². The van der Waals surface area contributed by atoms with Crippen LogP contribution in [0, 0.1) is 9.39 Å². The molecule has 0 saturated heterocycles. The van der Waals surface area contributed by atoms with E-state index in [1.165, 1.54) is 7.11 Å². The molecule has 0 atom stereocenters. The van der Waals surface area contributed by atoms with E-state index < -0.39 is 5.82 Å². The molecule has 0 N–H and O–H groups in total. The van der Waals surface area contributed by atoms with Crippen molar-refractivity contribution in [3.05, 3.63) is 21.0 Å². The molecule has 0 aliphatic carbocycles. The van der Waals surface area contributed by atoms with Gasteiger partial charge in [-0.1, -0.05) is 0 Å². The first-order valence-electron chi connectivity index (χ1n) is 3.87. The summed E-state index contributed by atoms with van der Waals surface area (Å²) in [6.07, 6.45) is 0. The van der Waals surface area contributed by atoms with Crippen LogP contribution in [0.5, 0.6) is 11.5 Å². The van der Waals surface area contributed by atoms with Gasteiger partial charge >= 0.3 is 0 Å². The Bertz CT molecular complexity index is 417. The van der Waals surface area contributed by atoms with Crippen LogP contribution < -0.4 is 9.47 Å². The molecular weight excluding hydrogens is 302 g/mol. The Morgan fingerprint density at radius 3 is 3.00 bits per heavy atom. The molecule has 2 rings (SSSR count). The van der Waals surface area contributed by atoms with Crippen LogP contribution in [0.15, 0.2) is 6.07 Å². The van der Waals surface area contributed by atoms with E-state index in [2.05, 4.69) is 0 Å². The summed E-state index contributed by atoms with van der Waals surface area (Å²) in [7, 11) is 1.38. The second-order valence-corrected chi connectivity index (χ2v) is 3.87. The summed E-state index contributed by atoms with van der Waals surface area (Å²) in [4.78, 5) is 11.2. The number of rotatable bonds is 1. The van der Waals surface area contributed by atoms with Gasteiger partial charge in [0.05, 0.1) is 12.7 Å². The van der Waals surface area contributed by atoms with Crippen molar-refractivity contribution in [2.45, 2.75) is 0 Å². The van der Waals surface area contributed by atoms with Crippen molar-refractivity contribution in [3.8, 4) is 11.5 Å². The number of hydrogen-bond acceptors (Lipinski definition) is 3. The second kappa shape index (κ2) is 3.38. The quantitative estimate of drug-likeness (QED) is 0.745. The van der Waals surface area contributed by atoms with Crippen molar-refractivity contribution in [2.75, 3.05) is 13.7 Å². The van der Waals surface area contributed by atoms with Crippen LogP contribution in [0.4, 0.5) is 4.39 Å². The van der Waals surface area contributed by atoms with E-state index in [0.717, 1.165) is 6.07 Å². The first-order chi connectivity index (χ1) is 6.65. The fraction of sp³-hybridized carbons (Fsp3) is 0.222. The van der Waals surface area contributed by atoms with Gasteiger partial charge in [0.2, 0.25) is 5.78 Å². The SMILES string of the molecule is COc1c(F)cc2c(c1I)OCC2=O. The Morgan fingerprint density at radius 2 is 2.36 bits per heavy atom. The van der Waals surface area contributed by atoms with Crippen molar-refractivity contribution < 1.29 is 18.7 Å². The average molecular weight is 308 g/mol. The molecule has 0 bridgehead atoms. The minimum Gasteiger partial charge on any atom is -0.492 e. The molecule has 0 aromatic heterocycles. The number of halogens is 2. The Hall–Kier alpha value is -0.850. The number of ether oxygens (including phenoxy) is 2. The third kappa shape index (κ3) is 1.26. The van der Waals surface area contributed by atoms with Crippen LogP contribution in [0.3, 0.4) is 0 Å². The number of carbonyl (C=O) groups is 1. The normalized spacial score (nSPS) is 13.8. The average Bonchev–Trinajstić information content (AvgIpc) is 2.49. The van der Waals surface area contributed by atoms with Gasteiger partial charge in [0, 0.05) is 0 Å². The largest absolute Gasteiger partial charge is 0.492 e. The van der Waals surface area contributed by atoms with Crippen LogP contribution in [0.1, 0.15) is 10.4 Å². The molecule has 1 aliphatic rings. The molecule has 0 amide bonds. The maximum Gasteiger partial charge on any atom is 0.204 e. The molecule has 14 heavy (non-hydrogen) atoms. The zero-order chi connectivity index (χ0) is 10.3. The molecule has 1 aliphatic heterocycles. The highest BCUT2D eigenvalue weighted by molar-refractivity contribution is 14.1. The second-order valence-electron chi connectivity index (χ2n) is 2.79. The monoisotopic (exact) mass is 308 g/mol. The van der Waals surface area contributed by atoms with E-state index in [4.69, 9.17) is 9.47 Å². The number of fused-ring (bicyclic) bond motifs is 1.